The molecule has 0 saturated carbocycles. The van der Waals surface area contributed by atoms with Gasteiger partial charge in [0.1, 0.15) is 0 Å². The van der Waals surface area contributed by atoms with E-state index in [1.165, 1.54) is 0 Å². The Morgan fingerprint density at radius 3 is 2.60 bits per heavy atom. The summed E-state index contributed by atoms with van der Waals surface area (Å²) in [5.41, 5.74) is -1.44. The number of pyridine rings is 1. The topological polar surface area (TPSA) is 106 Å². The molecule has 2 aromatic rings. The van der Waals surface area contributed by atoms with Crippen LogP contribution >= 0.6 is 0 Å². The van der Waals surface area contributed by atoms with Gasteiger partial charge in [0.2, 0.25) is 0 Å². The van der Waals surface area contributed by atoms with Crippen molar-refractivity contribution >= 4 is 22.8 Å². The van der Waals surface area contributed by atoms with Crippen molar-refractivity contribution in [1.82, 2.24) is 4.98 Å². The van der Waals surface area contributed by atoms with Crippen molar-refractivity contribution in [2.75, 3.05) is 6.61 Å². The molecule has 25 heavy (non-hydrogen) atoms. The van der Waals surface area contributed by atoms with Gasteiger partial charge in [-0.25, -0.2) is 9.59 Å². The molecule has 7 nitrogen and oxygen atoms in total. The van der Waals surface area contributed by atoms with Gasteiger partial charge in [-0.2, -0.15) is 0 Å². The summed E-state index contributed by atoms with van der Waals surface area (Å²) in [5.74, 6) is -3.13. The third-order valence-corrected chi connectivity index (χ3v) is 4.25. The molecule has 132 valence electrons. The van der Waals surface area contributed by atoms with Crippen molar-refractivity contribution < 1.29 is 29.3 Å². The summed E-state index contributed by atoms with van der Waals surface area (Å²) in [6, 6.07) is 10.7. The predicted octanol–water partition coefficient (Wildman–Crippen LogP) is 2.23. The van der Waals surface area contributed by atoms with Gasteiger partial charge in [0.05, 0.1) is 5.52 Å². The Hall–Kier alpha value is -2.51. The van der Waals surface area contributed by atoms with Crippen LogP contribution in [0.1, 0.15) is 25.0 Å². The number of ether oxygens (including phenoxy) is 2. The summed E-state index contributed by atoms with van der Waals surface area (Å²) in [4.78, 5) is 28.0. The lowest BCUT2D eigenvalue weighted by molar-refractivity contribution is -0.236. The molecule has 0 amide bonds. The average Bonchev–Trinajstić information content (AvgIpc) is 2.61. The second-order valence-corrected chi connectivity index (χ2v) is 6.02. The molecule has 2 heterocycles. The van der Waals surface area contributed by atoms with Crippen LogP contribution in [0, 0.1) is 0 Å². The van der Waals surface area contributed by atoms with E-state index < -0.39 is 23.8 Å². The van der Waals surface area contributed by atoms with Crippen molar-refractivity contribution in [2.24, 2.45) is 0 Å². The first-order valence-corrected chi connectivity index (χ1v) is 8.12. The third-order valence-electron chi connectivity index (χ3n) is 4.25. The lowest BCUT2D eigenvalue weighted by Crippen LogP contribution is -2.54. The number of carboxylic acids is 2. The number of hydrogen-bond acceptors (Lipinski definition) is 5. The fourth-order valence-electron chi connectivity index (χ4n) is 2.88. The molecule has 7 heteroatoms. The first-order chi connectivity index (χ1) is 12.0. The highest BCUT2D eigenvalue weighted by molar-refractivity contribution is 6.02. The Kier molecular flexibility index (Phi) is 4.96. The summed E-state index contributed by atoms with van der Waals surface area (Å²) in [6.07, 6.45) is 0.880. The molecule has 1 aromatic heterocycles. The van der Waals surface area contributed by atoms with Crippen molar-refractivity contribution in [3.63, 3.8) is 0 Å². The molecule has 1 atom stereocenters. The number of fused-ring (bicyclic) bond motifs is 1. The molecule has 1 fully saturated rings. The summed E-state index contributed by atoms with van der Waals surface area (Å²) in [6.45, 7) is 0.425. The molecular formula is C18H19NO6. The molecule has 0 spiro atoms. The number of aliphatic carboxylic acids is 2. The largest absolute Gasteiger partial charge is 0.479 e. The normalized spacial score (nSPS) is 18.2. The number of benzene rings is 1. The lowest BCUT2D eigenvalue weighted by Gasteiger charge is -2.31. The Labute approximate surface area is 144 Å². The van der Waals surface area contributed by atoms with E-state index in [0.717, 1.165) is 18.2 Å². The zero-order valence-electron chi connectivity index (χ0n) is 13.6. The summed E-state index contributed by atoms with van der Waals surface area (Å²) < 4.78 is 10.8. The first-order valence-electron chi connectivity index (χ1n) is 8.12. The molecule has 1 aliphatic heterocycles. The van der Waals surface area contributed by atoms with E-state index in [0.29, 0.717) is 24.2 Å². The molecule has 0 bridgehead atoms. The minimum absolute atomic E-state index is 0.333. The zero-order chi connectivity index (χ0) is 17.9. The second-order valence-electron chi connectivity index (χ2n) is 6.02. The monoisotopic (exact) mass is 345 g/mol. The first kappa shape index (κ1) is 17.3. The van der Waals surface area contributed by atoms with Gasteiger partial charge < -0.3 is 19.7 Å². The van der Waals surface area contributed by atoms with Gasteiger partial charge in [-0.15, -0.1) is 0 Å². The van der Waals surface area contributed by atoms with E-state index in [9.17, 15) is 19.8 Å². The van der Waals surface area contributed by atoms with Gasteiger partial charge in [0, 0.05) is 24.1 Å². The molecule has 1 saturated heterocycles. The number of carboxylic acid groups (broad SMARTS) is 2. The van der Waals surface area contributed by atoms with Crippen LogP contribution in [0.3, 0.4) is 0 Å². The van der Waals surface area contributed by atoms with Gasteiger partial charge in [-0.1, -0.05) is 24.3 Å². The molecular weight excluding hydrogens is 326 g/mol. The van der Waals surface area contributed by atoms with Crippen LogP contribution < -0.4 is 0 Å². The van der Waals surface area contributed by atoms with Gasteiger partial charge in [0.25, 0.3) is 5.60 Å². The van der Waals surface area contributed by atoms with Crippen LogP contribution in [-0.4, -0.2) is 45.6 Å². The number of nitrogens with zero attached hydrogens (tertiary/aromatic N) is 1. The van der Waals surface area contributed by atoms with E-state index in [1.54, 1.807) is 18.2 Å². The second kappa shape index (κ2) is 7.16. The Morgan fingerprint density at radius 2 is 1.92 bits per heavy atom. The smallest absolute Gasteiger partial charge is 0.348 e. The Balaban J connectivity index is 1.92. The van der Waals surface area contributed by atoms with Gasteiger partial charge >= 0.3 is 11.9 Å². The number of hydrogen-bond donors (Lipinski definition) is 2. The van der Waals surface area contributed by atoms with E-state index in [1.807, 2.05) is 18.2 Å². The van der Waals surface area contributed by atoms with E-state index in [4.69, 9.17) is 9.47 Å². The molecule has 1 aliphatic rings. The Morgan fingerprint density at radius 1 is 1.16 bits per heavy atom. The molecule has 2 N–H and O–H groups in total. The van der Waals surface area contributed by atoms with Crippen LogP contribution in [-0.2, 0) is 25.5 Å². The van der Waals surface area contributed by atoms with E-state index in [-0.39, 0.29) is 6.42 Å². The zero-order valence-corrected chi connectivity index (χ0v) is 13.6. The van der Waals surface area contributed by atoms with Gasteiger partial charge in [0.15, 0.2) is 6.29 Å². The highest BCUT2D eigenvalue weighted by atomic mass is 16.7. The highest BCUT2D eigenvalue weighted by Crippen LogP contribution is 2.26. The minimum atomic E-state index is -2.43. The van der Waals surface area contributed by atoms with Crippen LogP contribution in [0.4, 0.5) is 0 Å². The molecule has 1 aromatic carbocycles. The van der Waals surface area contributed by atoms with Gasteiger partial charge in [-0.3, -0.25) is 4.98 Å². The lowest BCUT2D eigenvalue weighted by atomic mass is 9.96. The quantitative estimate of drug-likeness (QED) is 0.773. The van der Waals surface area contributed by atoms with Crippen LogP contribution in [0.25, 0.3) is 10.9 Å². The molecule has 1 unspecified atom stereocenters. The predicted molar refractivity (Wildman–Crippen MR) is 88.1 cm³/mol. The van der Waals surface area contributed by atoms with E-state index in [2.05, 4.69) is 4.98 Å². The molecule has 3 rings (SSSR count). The SMILES string of the molecule is O=C(O)C(Cc1ccc2ccccc2n1)(OC1CCCCO1)C(=O)O. The van der Waals surface area contributed by atoms with Crippen molar-refractivity contribution in [3.05, 3.63) is 42.1 Å². The minimum Gasteiger partial charge on any atom is -0.479 e. The maximum Gasteiger partial charge on any atom is 0.348 e. The van der Waals surface area contributed by atoms with Crippen molar-refractivity contribution in [3.8, 4) is 0 Å². The molecule has 0 radical (unpaired) electrons. The highest BCUT2D eigenvalue weighted by Gasteiger charge is 2.50. The third kappa shape index (κ3) is 3.62. The number of rotatable bonds is 6. The average molecular weight is 345 g/mol. The van der Waals surface area contributed by atoms with Crippen molar-refractivity contribution in [2.45, 2.75) is 37.6 Å². The summed E-state index contributed by atoms with van der Waals surface area (Å²) >= 11 is 0. The van der Waals surface area contributed by atoms with Crippen molar-refractivity contribution in [1.29, 1.82) is 0 Å². The number of aromatic nitrogens is 1. The van der Waals surface area contributed by atoms with Crippen LogP contribution in [0.5, 0.6) is 0 Å². The maximum atomic E-state index is 11.8. The summed E-state index contributed by atoms with van der Waals surface area (Å²) in [5, 5.41) is 20.1. The molecule has 0 aliphatic carbocycles. The summed E-state index contributed by atoms with van der Waals surface area (Å²) in [7, 11) is 0. The fourth-order valence-corrected chi connectivity index (χ4v) is 2.88. The van der Waals surface area contributed by atoms with Gasteiger partial charge in [-0.05, 0) is 31.4 Å². The Bertz CT molecular complexity index is 770. The maximum absolute atomic E-state index is 11.8. The fraction of sp³-hybridized carbons (Fsp3) is 0.389. The van der Waals surface area contributed by atoms with Crippen LogP contribution in [0.2, 0.25) is 0 Å². The van der Waals surface area contributed by atoms with Crippen LogP contribution in [0.15, 0.2) is 36.4 Å². The van der Waals surface area contributed by atoms with E-state index >= 15 is 0 Å². The number of para-hydroxylation sites is 1. The standard InChI is InChI=1S/C18H19NO6/c20-16(21)18(17(22)23,25-15-7-3-4-10-24-15)11-13-9-8-12-5-1-2-6-14(12)19-13/h1-2,5-6,8-9,15H,3-4,7,10-11H2,(H,20,21)(H,22,23). The number of carbonyl (C=O) groups is 2.